The van der Waals surface area contributed by atoms with Gasteiger partial charge in [0.15, 0.2) is 5.17 Å². The first-order valence-corrected chi connectivity index (χ1v) is 10.2. The molecule has 0 saturated heterocycles. The van der Waals surface area contributed by atoms with Gasteiger partial charge in [0.25, 0.3) is 5.91 Å². The first kappa shape index (κ1) is 20.4. The van der Waals surface area contributed by atoms with E-state index in [0.717, 1.165) is 36.3 Å². The normalized spacial score (nSPS) is 19.7. The van der Waals surface area contributed by atoms with Crippen molar-refractivity contribution < 1.29 is 4.79 Å². The van der Waals surface area contributed by atoms with E-state index in [1.807, 2.05) is 18.2 Å². The Morgan fingerprint density at radius 2 is 2.14 bits per heavy atom. The third-order valence-corrected chi connectivity index (χ3v) is 6.02. The van der Waals surface area contributed by atoms with Gasteiger partial charge in [0.1, 0.15) is 11.8 Å². The quantitative estimate of drug-likeness (QED) is 0.747. The second-order valence-electron chi connectivity index (χ2n) is 6.79. The maximum absolute atomic E-state index is 12.5. The van der Waals surface area contributed by atoms with Crippen molar-refractivity contribution in [1.82, 2.24) is 4.98 Å². The number of thioether (sulfide) groups is 1. The van der Waals surface area contributed by atoms with Gasteiger partial charge in [0.2, 0.25) is 0 Å². The molecule has 1 aromatic heterocycles. The lowest BCUT2D eigenvalue weighted by atomic mass is 9.92. The number of pyridine rings is 1. The average molecular weight is 404 g/mol. The fourth-order valence-electron chi connectivity index (χ4n) is 3.65. The molecule has 29 heavy (non-hydrogen) atoms. The molecule has 0 saturated carbocycles. The van der Waals surface area contributed by atoms with Crippen LogP contribution in [0.3, 0.4) is 0 Å². The van der Waals surface area contributed by atoms with Crippen LogP contribution in [0.2, 0.25) is 0 Å². The number of aryl methyl sites for hydroxylation is 1. The second kappa shape index (κ2) is 9.27. The number of rotatable bonds is 2. The SMILES string of the molecule is C#C.N#Cc1ccc(C(=O)Nc2ccc3c(c2)[C@H]2N=C(N)SC[C@H]2CCC3)nc1. The molecule has 0 radical (unpaired) electrons. The van der Waals surface area contributed by atoms with Crippen LogP contribution in [0.15, 0.2) is 41.5 Å². The van der Waals surface area contributed by atoms with Gasteiger partial charge in [-0.1, -0.05) is 17.8 Å². The standard InChI is InChI=1S/C20H19N5OS.C2H2/c21-9-12-4-7-17(23-10-12)19(26)24-15-6-5-13-2-1-3-14-11-27-20(22)25-18(14)16(13)8-15;1-2/h4-8,10,14,18H,1-3,11H2,(H2,22,25)(H,24,26);1-2H/t14-,18+;/m1./s1. The minimum Gasteiger partial charge on any atom is -0.379 e. The van der Waals surface area contributed by atoms with E-state index < -0.39 is 0 Å². The van der Waals surface area contributed by atoms with Gasteiger partial charge in [-0.25, -0.2) is 4.98 Å². The number of fused-ring (bicyclic) bond motifs is 3. The predicted molar refractivity (Wildman–Crippen MR) is 116 cm³/mol. The number of carbonyl (C=O) groups is 1. The van der Waals surface area contributed by atoms with Gasteiger partial charge in [-0.05, 0) is 60.6 Å². The Kier molecular flexibility index (Phi) is 6.54. The van der Waals surface area contributed by atoms with Crippen molar-refractivity contribution in [2.45, 2.75) is 25.3 Å². The summed E-state index contributed by atoms with van der Waals surface area (Å²) in [4.78, 5) is 21.2. The summed E-state index contributed by atoms with van der Waals surface area (Å²) in [6.45, 7) is 0. The van der Waals surface area contributed by atoms with E-state index in [-0.39, 0.29) is 17.6 Å². The number of amidine groups is 1. The van der Waals surface area contributed by atoms with Crippen LogP contribution >= 0.6 is 11.8 Å². The Morgan fingerprint density at radius 1 is 1.31 bits per heavy atom. The van der Waals surface area contributed by atoms with Crippen LogP contribution in [-0.4, -0.2) is 21.8 Å². The Morgan fingerprint density at radius 3 is 2.86 bits per heavy atom. The lowest BCUT2D eigenvalue weighted by Gasteiger charge is -2.27. The lowest BCUT2D eigenvalue weighted by molar-refractivity contribution is 0.102. The Hall–Kier alpha value is -3.29. The molecule has 2 heterocycles. The molecule has 4 rings (SSSR count). The summed E-state index contributed by atoms with van der Waals surface area (Å²) in [7, 11) is 0. The number of aliphatic imine (C=N–C) groups is 1. The molecule has 0 bridgehead atoms. The Bertz CT molecular complexity index is 990. The molecule has 0 fully saturated rings. The molecule has 0 spiro atoms. The zero-order valence-electron chi connectivity index (χ0n) is 15.8. The summed E-state index contributed by atoms with van der Waals surface area (Å²) < 4.78 is 0. The third-order valence-electron chi connectivity index (χ3n) is 5.03. The molecule has 1 aromatic carbocycles. The van der Waals surface area contributed by atoms with Crippen molar-refractivity contribution in [3.8, 4) is 18.9 Å². The largest absolute Gasteiger partial charge is 0.379 e. The highest BCUT2D eigenvalue weighted by molar-refractivity contribution is 8.13. The van der Waals surface area contributed by atoms with Gasteiger partial charge < -0.3 is 11.1 Å². The highest BCUT2D eigenvalue weighted by Gasteiger charge is 2.31. The van der Waals surface area contributed by atoms with Crippen molar-refractivity contribution in [1.29, 1.82) is 5.26 Å². The Labute approximate surface area is 174 Å². The number of hydrogen-bond donors (Lipinski definition) is 2. The fraction of sp³-hybridized carbons (Fsp3) is 0.273. The summed E-state index contributed by atoms with van der Waals surface area (Å²) in [6.07, 6.45) is 12.7. The third kappa shape index (κ3) is 4.59. The number of anilines is 1. The van der Waals surface area contributed by atoms with Gasteiger partial charge in [-0.3, -0.25) is 9.79 Å². The van der Waals surface area contributed by atoms with Crippen molar-refractivity contribution >= 4 is 28.5 Å². The number of nitrogens with one attached hydrogen (secondary N) is 1. The number of amides is 1. The van der Waals surface area contributed by atoms with E-state index >= 15 is 0 Å². The fourth-order valence-corrected chi connectivity index (χ4v) is 4.57. The van der Waals surface area contributed by atoms with Crippen LogP contribution in [-0.2, 0) is 6.42 Å². The maximum Gasteiger partial charge on any atom is 0.274 e. The van der Waals surface area contributed by atoms with Gasteiger partial charge in [-0.2, -0.15) is 5.26 Å². The number of carbonyl (C=O) groups excluding carboxylic acids is 1. The maximum atomic E-state index is 12.5. The van der Waals surface area contributed by atoms with Crippen LogP contribution in [0.1, 0.15) is 46.1 Å². The van der Waals surface area contributed by atoms with Gasteiger partial charge >= 0.3 is 0 Å². The molecule has 3 N–H and O–H groups in total. The van der Waals surface area contributed by atoms with E-state index in [0.29, 0.717) is 16.6 Å². The van der Waals surface area contributed by atoms with E-state index in [2.05, 4.69) is 29.2 Å². The smallest absolute Gasteiger partial charge is 0.274 e. The molecule has 7 heteroatoms. The second-order valence-corrected chi connectivity index (χ2v) is 7.83. The van der Waals surface area contributed by atoms with Crippen LogP contribution in [0, 0.1) is 30.1 Å². The predicted octanol–water partition coefficient (Wildman–Crippen LogP) is 3.51. The van der Waals surface area contributed by atoms with Gasteiger partial charge in [0.05, 0.1) is 11.6 Å². The molecular weight excluding hydrogens is 382 g/mol. The average Bonchev–Trinajstić information content (AvgIpc) is 2.94. The molecule has 2 aliphatic rings. The number of hydrogen-bond acceptors (Lipinski definition) is 6. The molecule has 6 nitrogen and oxygen atoms in total. The zero-order chi connectivity index (χ0) is 20.8. The summed E-state index contributed by atoms with van der Waals surface area (Å²) in [5.74, 6) is 1.17. The highest BCUT2D eigenvalue weighted by atomic mass is 32.2. The number of terminal acetylenes is 1. The van der Waals surface area contributed by atoms with E-state index in [4.69, 9.17) is 16.0 Å². The molecular formula is C22H21N5OS. The van der Waals surface area contributed by atoms with Crippen LogP contribution in [0.25, 0.3) is 0 Å². The summed E-state index contributed by atoms with van der Waals surface area (Å²) >= 11 is 1.63. The first-order chi connectivity index (χ1) is 14.1. The molecule has 2 atom stereocenters. The molecule has 1 aliphatic heterocycles. The summed E-state index contributed by atoms with van der Waals surface area (Å²) in [5.41, 5.74) is 9.84. The minimum absolute atomic E-state index is 0.0636. The minimum atomic E-state index is -0.299. The molecule has 146 valence electrons. The monoisotopic (exact) mass is 403 g/mol. The summed E-state index contributed by atoms with van der Waals surface area (Å²) in [6, 6.07) is 11.2. The molecule has 1 amide bonds. The summed E-state index contributed by atoms with van der Waals surface area (Å²) in [5, 5.41) is 12.4. The number of nitriles is 1. The lowest BCUT2D eigenvalue weighted by Crippen LogP contribution is -2.24. The highest BCUT2D eigenvalue weighted by Crippen LogP contribution is 2.41. The number of nitrogens with zero attached hydrogens (tertiary/aromatic N) is 3. The first-order valence-electron chi connectivity index (χ1n) is 9.24. The molecule has 1 aliphatic carbocycles. The topological polar surface area (TPSA) is 104 Å². The zero-order valence-corrected chi connectivity index (χ0v) is 16.7. The van der Waals surface area contributed by atoms with Crippen molar-refractivity contribution in [3.63, 3.8) is 0 Å². The molecule has 0 unspecified atom stereocenters. The van der Waals surface area contributed by atoms with Crippen molar-refractivity contribution in [2.75, 3.05) is 11.1 Å². The van der Waals surface area contributed by atoms with E-state index in [1.165, 1.54) is 11.8 Å². The van der Waals surface area contributed by atoms with Crippen molar-refractivity contribution in [3.05, 3.63) is 58.9 Å². The van der Waals surface area contributed by atoms with E-state index in [1.54, 1.807) is 23.9 Å². The number of nitrogens with two attached hydrogens (primary N) is 1. The van der Waals surface area contributed by atoms with Crippen LogP contribution in [0.4, 0.5) is 5.69 Å². The number of aromatic nitrogens is 1. The molecule has 2 aromatic rings. The van der Waals surface area contributed by atoms with Crippen LogP contribution < -0.4 is 11.1 Å². The van der Waals surface area contributed by atoms with Gasteiger partial charge in [0, 0.05) is 17.6 Å². The van der Waals surface area contributed by atoms with Crippen LogP contribution in [0.5, 0.6) is 0 Å². The van der Waals surface area contributed by atoms with Gasteiger partial charge in [-0.15, -0.1) is 12.8 Å². The Balaban J connectivity index is 0.00000117. The van der Waals surface area contributed by atoms with E-state index in [9.17, 15) is 4.79 Å². The van der Waals surface area contributed by atoms with Crippen molar-refractivity contribution in [2.24, 2.45) is 16.6 Å². The number of benzene rings is 1.